The number of rotatable bonds is 4. The molecule has 1 atom stereocenters. The lowest BCUT2D eigenvalue weighted by atomic mass is 10.2. The number of aromatic nitrogens is 1. The van der Waals surface area contributed by atoms with Crippen molar-refractivity contribution in [2.24, 2.45) is 5.73 Å². The standard InChI is InChI=1S/C13H20N4O2.2ClH/c1-10(14)8-13(18)16-11-2-3-12(15-9-11)17-4-6-19-7-5-17;;/h2-3,9-10H,4-8,14H2,1H3,(H,16,18);2*1H. The predicted molar refractivity (Wildman–Crippen MR) is 88.7 cm³/mol. The minimum Gasteiger partial charge on any atom is -0.378 e. The van der Waals surface area contributed by atoms with Gasteiger partial charge in [0.25, 0.3) is 0 Å². The number of carbonyl (C=O) groups is 1. The molecule has 0 bridgehead atoms. The van der Waals surface area contributed by atoms with Crippen LogP contribution in [0.3, 0.4) is 0 Å². The Morgan fingerprint density at radius 2 is 2.10 bits per heavy atom. The second kappa shape index (κ2) is 9.78. The van der Waals surface area contributed by atoms with Gasteiger partial charge >= 0.3 is 0 Å². The molecule has 0 aliphatic carbocycles. The Bertz CT molecular complexity index is 423. The van der Waals surface area contributed by atoms with Gasteiger partial charge in [-0.05, 0) is 19.1 Å². The van der Waals surface area contributed by atoms with E-state index in [4.69, 9.17) is 10.5 Å². The third-order valence-electron chi connectivity index (χ3n) is 2.87. The fraction of sp³-hybridized carbons (Fsp3) is 0.538. The summed E-state index contributed by atoms with van der Waals surface area (Å²) in [7, 11) is 0. The van der Waals surface area contributed by atoms with Gasteiger partial charge in [-0.25, -0.2) is 4.98 Å². The number of anilines is 2. The van der Waals surface area contributed by atoms with Gasteiger partial charge in [0.15, 0.2) is 0 Å². The third-order valence-corrected chi connectivity index (χ3v) is 2.87. The van der Waals surface area contributed by atoms with Gasteiger partial charge in [-0.1, -0.05) is 0 Å². The molecule has 1 unspecified atom stereocenters. The second-order valence-electron chi connectivity index (χ2n) is 4.73. The molecule has 120 valence electrons. The van der Waals surface area contributed by atoms with E-state index in [1.807, 2.05) is 12.1 Å². The van der Waals surface area contributed by atoms with Crippen molar-refractivity contribution in [1.82, 2.24) is 4.98 Å². The summed E-state index contributed by atoms with van der Waals surface area (Å²) in [6.45, 7) is 4.97. The zero-order valence-corrected chi connectivity index (χ0v) is 13.6. The smallest absolute Gasteiger partial charge is 0.225 e. The summed E-state index contributed by atoms with van der Waals surface area (Å²) in [5, 5.41) is 2.78. The summed E-state index contributed by atoms with van der Waals surface area (Å²) in [4.78, 5) is 18.1. The molecule has 8 heteroatoms. The number of nitrogens with two attached hydrogens (primary N) is 1. The van der Waals surface area contributed by atoms with Crippen LogP contribution in [-0.4, -0.2) is 43.2 Å². The maximum atomic E-state index is 11.6. The van der Waals surface area contributed by atoms with Crippen LogP contribution in [0, 0.1) is 0 Å². The molecule has 6 nitrogen and oxygen atoms in total. The van der Waals surface area contributed by atoms with Crippen molar-refractivity contribution >= 4 is 42.2 Å². The van der Waals surface area contributed by atoms with E-state index in [9.17, 15) is 4.79 Å². The van der Waals surface area contributed by atoms with Crippen molar-refractivity contribution in [1.29, 1.82) is 0 Å². The maximum Gasteiger partial charge on any atom is 0.225 e. The largest absolute Gasteiger partial charge is 0.378 e. The van der Waals surface area contributed by atoms with Crippen LogP contribution in [0.25, 0.3) is 0 Å². The summed E-state index contributed by atoms with van der Waals surface area (Å²) >= 11 is 0. The number of hydrogen-bond acceptors (Lipinski definition) is 5. The number of carbonyl (C=O) groups excluding carboxylic acids is 1. The lowest BCUT2D eigenvalue weighted by molar-refractivity contribution is -0.116. The molecule has 0 radical (unpaired) electrons. The highest BCUT2D eigenvalue weighted by molar-refractivity contribution is 5.90. The Morgan fingerprint density at radius 1 is 1.43 bits per heavy atom. The summed E-state index contributed by atoms with van der Waals surface area (Å²) < 4.78 is 5.30. The van der Waals surface area contributed by atoms with Gasteiger partial charge < -0.3 is 20.7 Å². The van der Waals surface area contributed by atoms with Gasteiger partial charge in [0.05, 0.1) is 25.1 Å². The van der Waals surface area contributed by atoms with Gasteiger partial charge in [0.2, 0.25) is 5.91 Å². The lowest BCUT2D eigenvalue weighted by Crippen LogP contribution is -2.36. The van der Waals surface area contributed by atoms with Crippen LogP contribution in [0.4, 0.5) is 11.5 Å². The Hall–Kier alpha value is -1.08. The van der Waals surface area contributed by atoms with Crippen molar-refractivity contribution in [3.63, 3.8) is 0 Å². The van der Waals surface area contributed by atoms with Gasteiger partial charge in [0.1, 0.15) is 5.82 Å². The highest BCUT2D eigenvalue weighted by Crippen LogP contribution is 2.15. The molecule has 2 rings (SSSR count). The van der Waals surface area contributed by atoms with Crippen LogP contribution in [-0.2, 0) is 9.53 Å². The average molecular weight is 337 g/mol. The number of morpholine rings is 1. The highest BCUT2D eigenvalue weighted by Gasteiger charge is 2.12. The first-order chi connectivity index (χ1) is 9.15. The van der Waals surface area contributed by atoms with Crippen molar-refractivity contribution in [3.8, 4) is 0 Å². The number of ether oxygens (including phenoxy) is 1. The van der Waals surface area contributed by atoms with Gasteiger partial charge in [-0.2, -0.15) is 0 Å². The van der Waals surface area contributed by atoms with Crippen LogP contribution in [0.5, 0.6) is 0 Å². The zero-order valence-electron chi connectivity index (χ0n) is 11.9. The van der Waals surface area contributed by atoms with Crippen molar-refractivity contribution in [2.45, 2.75) is 19.4 Å². The number of nitrogens with zero attached hydrogens (tertiary/aromatic N) is 2. The molecular weight excluding hydrogens is 315 g/mol. The summed E-state index contributed by atoms with van der Waals surface area (Å²) in [6.07, 6.45) is 1.98. The minimum absolute atomic E-state index is 0. The quantitative estimate of drug-likeness (QED) is 0.869. The average Bonchev–Trinajstić information content (AvgIpc) is 2.39. The van der Waals surface area contributed by atoms with Crippen molar-refractivity contribution in [2.75, 3.05) is 36.5 Å². The van der Waals surface area contributed by atoms with E-state index in [0.717, 1.165) is 32.1 Å². The monoisotopic (exact) mass is 336 g/mol. The molecule has 1 fully saturated rings. The summed E-state index contributed by atoms with van der Waals surface area (Å²) in [5.74, 6) is 0.824. The highest BCUT2D eigenvalue weighted by atomic mass is 35.5. The number of pyridine rings is 1. The van der Waals surface area contributed by atoms with E-state index in [2.05, 4.69) is 15.2 Å². The fourth-order valence-electron chi connectivity index (χ4n) is 1.94. The Kier molecular flexibility index (Phi) is 9.28. The fourth-order valence-corrected chi connectivity index (χ4v) is 1.94. The summed E-state index contributed by atoms with van der Waals surface area (Å²) in [6, 6.07) is 3.63. The normalized spacial score (nSPS) is 15.4. The molecule has 21 heavy (non-hydrogen) atoms. The number of hydrogen-bond donors (Lipinski definition) is 2. The first-order valence-corrected chi connectivity index (χ1v) is 6.49. The second-order valence-corrected chi connectivity index (χ2v) is 4.73. The lowest BCUT2D eigenvalue weighted by Gasteiger charge is -2.27. The predicted octanol–water partition coefficient (Wildman–Crippen LogP) is 1.44. The maximum absolute atomic E-state index is 11.6. The third kappa shape index (κ3) is 6.48. The molecule has 1 aromatic rings. The van der Waals surface area contributed by atoms with Gasteiger partial charge in [-0.3, -0.25) is 4.79 Å². The van der Waals surface area contributed by atoms with Gasteiger partial charge in [0, 0.05) is 25.6 Å². The van der Waals surface area contributed by atoms with Crippen LogP contribution in [0.15, 0.2) is 18.3 Å². The van der Waals surface area contributed by atoms with E-state index in [-0.39, 0.29) is 36.8 Å². The van der Waals surface area contributed by atoms with Gasteiger partial charge in [-0.15, -0.1) is 24.8 Å². The molecule has 0 aromatic carbocycles. The van der Waals surface area contributed by atoms with Crippen LogP contribution in [0.2, 0.25) is 0 Å². The van der Waals surface area contributed by atoms with Crippen molar-refractivity contribution < 1.29 is 9.53 Å². The number of halogens is 2. The molecule has 1 saturated heterocycles. The molecule has 1 aromatic heterocycles. The number of amides is 1. The molecular formula is C13H22Cl2N4O2. The Balaban J connectivity index is 0.00000200. The first kappa shape index (κ1) is 19.9. The summed E-state index contributed by atoms with van der Waals surface area (Å²) in [5.41, 5.74) is 6.27. The molecule has 3 N–H and O–H groups in total. The van der Waals surface area contributed by atoms with Crippen LogP contribution in [0.1, 0.15) is 13.3 Å². The van der Waals surface area contributed by atoms with Crippen LogP contribution >= 0.6 is 24.8 Å². The zero-order chi connectivity index (χ0) is 13.7. The molecule has 1 amide bonds. The minimum atomic E-state index is -0.138. The van der Waals surface area contributed by atoms with Crippen molar-refractivity contribution in [3.05, 3.63) is 18.3 Å². The molecule has 2 heterocycles. The molecule has 0 spiro atoms. The van der Waals surface area contributed by atoms with E-state index in [0.29, 0.717) is 12.1 Å². The molecule has 0 saturated carbocycles. The Morgan fingerprint density at radius 3 is 2.62 bits per heavy atom. The van der Waals surface area contributed by atoms with Crippen LogP contribution < -0.4 is 16.0 Å². The van der Waals surface area contributed by atoms with E-state index >= 15 is 0 Å². The topological polar surface area (TPSA) is 80.5 Å². The molecule has 1 aliphatic rings. The SMILES string of the molecule is CC(N)CC(=O)Nc1ccc(N2CCOCC2)nc1.Cl.Cl. The molecule has 1 aliphatic heterocycles. The first-order valence-electron chi connectivity index (χ1n) is 6.49. The number of nitrogens with one attached hydrogen (secondary N) is 1. The van der Waals surface area contributed by atoms with E-state index < -0.39 is 0 Å². The Labute approximate surface area is 137 Å². The van der Waals surface area contributed by atoms with E-state index in [1.54, 1.807) is 13.1 Å². The van der Waals surface area contributed by atoms with E-state index in [1.165, 1.54) is 0 Å².